The van der Waals surface area contributed by atoms with Crippen LogP contribution in [0.25, 0.3) is 0 Å². The first-order valence-electron chi connectivity index (χ1n) is 13.4. The lowest BCUT2D eigenvalue weighted by atomic mass is 9.91. The van der Waals surface area contributed by atoms with Crippen LogP contribution < -0.4 is 10.2 Å². The first kappa shape index (κ1) is 26.6. The number of rotatable bonds is 6. The van der Waals surface area contributed by atoms with Gasteiger partial charge in [-0.3, -0.25) is 14.5 Å². The Balaban J connectivity index is 1.34. The summed E-state index contributed by atoms with van der Waals surface area (Å²) in [5.41, 5.74) is 1.87. The van der Waals surface area contributed by atoms with E-state index >= 15 is 0 Å². The lowest BCUT2D eigenvalue weighted by Crippen LogP contribution is -2.61. The number of nitrogens with zero attached hydrogens (tertiary/aromatic N) is 5. The Morgan fingerprint density at radius 2 is 1.95 bits per heavy atom. The molecule has 0 aliphatic carbocycles. The summed E-state index contributed by atoms with van der Waals surface area (Å²) in [7, 11) is 0. The zero-order valence-electron chi connectivity index (χ0n) is 22.5. The predicted octanol–water partition coefficient (Wildman–Crippen LogP) is 2.50. The lowest BCUT2D eigenvalue weighted by molar-refractivity contribution is -0.128. The van der Waals surface area contributed by atoms with E-state index in [0.29, 0.717) is 55.5 Å². The molecule has 8 nitrogen and oxygen atoms in total. The Morgan fingerprint density at radius 3 is 2.66 bits per heavy atom. The Labute approximate surface area is 222 Å². The van der Waals surface area contributed by atoms with E-state index in [4.69, 9.17) is 0 Å². The van der Waals surface area contributed by atoms with Gasteiger partial charge in [0.25, 0.3) is 0 Å². The molecule has 1 N–H and O–H groups in total. The molecule has 5 rings (SSSR count). The van der Waals surface area contributed by atoms with E-state index in [2.05, 4.69) is 34.3 Å². The van der Waals surface area contributed by atoms with E-state index in [0.717, 1.165) is 18.3 Å². The Hall–Kier alpha value is -2.98. The molecule has 0 radical (unpaired) electrons. The first-order valence-corrected chi connectivity index (χ1v) is 13.4. The van der Waals surface area contributed by atoms with Gasteiger partial charge in [0.2, 0.25) is 11.8 Å². The SMILES string of the molecule is CC1CC(=O)N(C[C@H]2CN[C@H](C)CN2CC(=O)N2CC(C)(C)c3nnc(Cc4ccc(F)cc4F)cc32)C1. The van der Waals surface area contributed by atoms with Crippen LogP contribution in [0.4, 0.5) is 14.5 Å². The normalized spacial score (nSPS) is 25.2. The number of aromatic nitrogens is 2. The summed E-state index contributed by atoms with van der Waals surface area (Å²) in [5.74, 6) is -0.764. The van der Waals surface area contributed by atoms with Crippen LogP contribution in [0.1, 0.15) is 51.1 Å². The van der Waals surface area contributed by atoms with E-state index in [1.165, 1.54) is 12.1 Å². The number of carbonyl (C=O) groups excluding carboxylic acids is 2. The van der Waals surface area contributed by atoms with E-state index in [1.54, 1.807) is 11.0 Å². The van der Waals surface area contributed by atoms with Gasteiger partial charge in [0, 0.05) is 69.1 Å². The Morgan fingerprint density at radius 1 is 1.16 bits per heavy atom. The Kier molecular flexibility index (Phi) is 7.21. The number of fused-ring (bicyclic) bond motifs is 1. The van der Waals surface area contributed by atoms with Crippen molar-refractivity contribution in [2.24, 2.45) is 5.92 Å². The van der Waals surface area contributed by atoms with E-state index in [1.807, 2.05) is 18.7 Å². The second kappa shape index (κ2) is 10.3. The number of nitrogens with one attached hydrogen (secondary N) is 1. The van der Waals surface area contributed by atoms with E-state index < -0.39 is 11.6 Å². The third kappa shape index (κ3) is 5.42. The summed E-state index contributed by atoms with van der Waals surface area (Å²) in [6.45, 7) is 11.7. The van der Waals surface area contributed by atoms with Gasteiger partial charge < -0.3 is 15.1 Å². The van der Waals surface area contributed by atoms with Crippen LogP contribution in [0.2, 0.25) is 0 Å². The molecule has 2 amide bonds. The number of hydrogen-bond acceptors (Lipinski definition) is 6. The van der Waals surface area contributed by atoms with Crippen LogP contribution in [0, 0.1) is 17.6 Å². The molecule has 1 aromatic heterocycles. The standard InChI is InChI=1S/C28H36F2N6O2/c1-17-7-25(37)35(12-17)14-22-11-31-18(2)13-34(22)15-26(38)36-16-28(3,4)27-24(36)10-21(32-33-27)8-19-5-6-20(29)9-23(19)30/h5-6,9-10,17-18,22,31H,7-8,11-16H2,1-4H3/t17?,18-,22-/m1/s1. The molecule has 1 aromatic carbocycles. The molecule has 3 atom stereocenters. The number of carbonyl (C=O) groups is 2. The molecule has 10 heteroatoms. The summed E-state index contributed by atoms with van der Waals surface area (Å²) in [5, 5.41) is 12.2. The van der Waals surface area contributed by atoms with E-state index in [9.17, 15) is 18.4 Å². The molecule has 2 fully saturated rings. The molecular formula is C28H36F2N6O2. The highest BCUT2D eigenvalue weighted by Crippen LogP contribution is 2.39. The van der Waals surface area contributed by atoms with Crippen molar-refractivity contribution in [1.29, 1.82) is 0 Å². The Bertz CT molecular complexity index is 1240. The van der Waals surface area contributed by atoms with Crippen molar-refractivity contribution in [1.82, 2.24) is 25.3 Å². The van der Waals surface area contributed by atoms with Crippen molar-refractivity contribution in [3.05, 3.63) is 52.9 Å². The smallest absolute Gasteiger partial charge is 0.241 e. The molecule has 2 aromatic rings. The van der Waals surface area contributed by atoms with Crippen LogP contribution in [0.3, 0.4) is 0 Å². The molecule has 4 heterocycles. The molecule has 0 bridgehead atoms. The largest absolute Gasteiger partial charge is 0.341 e. The van der Waals surface area contributed by atoms with Gasteiger partial charge in [0.15, 0.2) is 0 Å². The monoisotopic (exact) mass is 526 g/mol. The van der Waals surface area contributed by atoms with Gasteiger partial charge in [-0.05, 0) is 30.5 Å². The van der Waals surface area contributed by atoms with Gasteiger partial charge in [0.1, 0.15) is 11.6 Å². The van der Waals surface area contributed by atoms with Crippen LogP contribution in [0.5, 0.6) is 0 Å². The van der Waals surface area contributed by atoms with Gasteiger partial charge in [0.05, 0.1) is 23.6 Å². The average Bonchev–Trinajstić information content (AvgIpc) is 3.31. The van der Waals surface area contributed by atoms with Gasteiger partial charge in [-0.15, -0.1) is 0 Å². The van der Waals surface area contributed by atoms with Gasteiger partial charge in [-0.25, -0.2) is 8.78 Å². The van der Waals surface area contributed by atoms with Gasteiger partial charge in [-0.2, -0.15) is 10.2 Å². The van der Waals surface area contributed by atoms with Crippen molar-refractivity contribution in [3.8, 4) is 0 Å². The number of benzene rings is 1. The summed E-state index contributed by atoms with van der Waals surface area (Å²) in [4.78, 5) is 32.1. The summed E-state index contributed by atoms with van der Waals surface area (Å²) in [6, 6.07) is 5.57. The zero-order valence-corrected chi connectivity index (χ0v) is 22.5. The third-order valence-corrected chi connectivity index (χ3v) is 7.90. The second-order valence-electron chi connectivity index (χ2n) is 11.8. The number of amides is 2. The van der Waals surface area contributed by atoms with Gasteiger partial charge >= 0.3 is 0 Å². The van der Waals surface area contributed by atoms with Crippen LogP contribution >= 0.6 is 0 Å². The molecule has 0 saturated carbocycles. The maximum atomic E-state index is 14.3. The van der Waals surface area contributed by atoms with Crippen LogP contribution in [-0.2, 0) is 21.4 Å². The molecular weight excluding hydrogens is 490 g/mol. The highest BCUT2D eigenvalue weighted by Gasteiger charge is 2.41. The predicted molar refractivity (Wildman–Crippen MR) is 140 cm³/mol. The van der Waals surface area contributed by atoms with Crippen molar-refractivity contribution in [2.45, 2.75) is 58.0 Å². The van der Waals surface area contributed by atoms with Crippen LogP contribution in [0.15, 0.2) is 24.3 Å². The van der Waals surface area contributed by atoms with Crippen molar-refractivity contribution < 1.29 is 18.4 Å². The highest BCUT2D eigenvalue weighted by molar-refractivity contribution is 5.97. The number of anilines is 1. The summed E-state index contributed by atoms with van der Waals surface area (Å²) in [6.07, 6.45) is 0.731. The molecule has 3 aliphatic rings. The maximum absolute atomic E-state index is 14.3. The first-order chi connectivity index (χ1) is 18.0. The van der Waals surface area contributed by atoms with Crippen molar-refractivity contribution in [2.75, 3.05) is 44.2 Å². The summed E-state index contributed by atoms with van der Waals surface area (Å²) >= 11 is 0. The third-order valence-electron chi connectivity index (χ3n) is 7.90. The van der Waals surface area contributed by atoms with E-state index in [-0.39, 0.29) is 42.3 Å². The van der Waals surface area contributed by atoms with Crippen molar-refractivity contribution >= 4 is 17.5 Å². The quantitative estimate of drug-likeness (QED) is 0.623. The number of piperazine rings is 1. The summed E-state index contributed by atoms with van der Waals surface area (Å²) < 4.78 is 27.6. The zero-order chi connectivity index (χ0) is 27.2. The molecule has 0 spiro atoms. The molecule has 38 heavy (non-hydrogen) atoms. The van der Waals surface area contributed by atoms with Gasteiger partial charge in [-0.1, -0.05) is 26.8 Å². The fourth-order valence-corrected chi connectivity index (χ4v) is 5.90. The topological polar surface area (TPSA) is 81.7 Å². The molecule has 1 unspecified atom stereocenters. The molecule has 204 valence electrons. The minimum atomic E-state index is -0.634. The van der Waals surface area contributed by atoms with Crippen LogP contribution in [-0.4, -0.2) is 83.2 Å². The number of likely N-dealkylation sites (tertiary alicyclic amines) is 1. The highest BCUT2D eigenvalue weighted by atomic mass is 19.1. The maximum Gasteiger partial charge on any atom is 0.241 e. The minimum absolute atomic E-state index is 0.0380. The molecule has 3 aliphatic heterocycles. The van der Waals surface area contributed by atoms with Crippen molar-refractivity contribution in [3.63, 3.8) is 0 Å². The average molecular weight is 527 g/mol. The number of halogens is 2. The number of hydrogen-bond donors (Lipinski definition) is 1. The lowest BCUT2D eigenvalue weighted by Gasteiger charge is -2.41. The fraction of sp³-hybridized carbons (Fsp3) is 0.571. The fourth-order valence-electron chi connectivity index (χ4n) is 5.90. The second-order valence-corrected chi connectivity index (χ2v) is 11.8. The minimum Gasteiger partial charge on any atom is -0.341 e. The molecule has 2 saturated heterocycles.